The molecule has 1 aliphatic rings. The molecule has 1 rings (SSSR count). The zero-order chi connectivity index (χ0) is 14.4. The molecule has 0 aliphatic carbocycles. The van der Waals surface area contributed by atoms with Gasteiger partial charge in [-0.25, -0.2) is 9.59 Å². The molecule has 3 atom stereocenters. The number of hydrogen-bond acceptors (Lipinski definition) is 4. The molecule has 2 amide bonds. The molecule has 19 heavy (non-hydrogen) atoms. The Morgan fingerprint density at radius 1 is 1.42 bits per heavy atom. The zero-order valence-electron chi connectivity index (χ0n) is 11.4. The van der Waals surface area contributed by atoms with Crippen molar-refractivity contribution in [3.63, 3.8) is 0 Å². The molecule has 7 nitrogen and oxygen atoms in total. The monoisotopic (exact) mass is 273 g/mol. The highest BCUT2D eigenvalue weighted by molar-refractivity contribution is 5.82. The Morgan fingerprint density at radius 3 is 2.63 bits per heavy atom. The van der Waals surface area contributed by atoms with Crippen molar-refractivity contribution in [3.8, 4) is 0 Å². The van der Waals surface area contributed by atoms with Gasteiger partial charge in [-0.3, -0.25) is 0 Å². The summed E-state index contributed by atoms with van der Waals surface area (Å²) in [7, 11) is 2.01. The number of aliphatic carboxylic acids is 1. The third-order valence-corrected chi connectivity index (χ3v) is 3.45. The molecule has 1 heterocycles. The third kappa shape index (κ3) is 5.04. The van der Waals surface area contributed by atoms with Gasteiger partial charge in [0.15, 0.2) is 6.04 Å². The number of piperidine rings is 1. The van der Waals surface area contributed by atoms with Crippen LogP contribution in [0.4, 0.5) is 4.79 Å². The highest BCUT2D eigenvalue weighted by atomic mass is 16.4. The number of carboxylic acid groups (broad SMARTS) is 1. The maximum Gasteiger partial charge on any atom is 0.328 e. The molecule has 4 N–H and O–H groups in total. The standard InChI is InChI=1S/C12H23N3O4/c1-8(16)10(11(17)18)14-12(19)13-7-9-5-3-4-6-15(9)2/h8-10,16H,3-7H2,1-2H3,(H,17,18)(H2,13,14,19). The summed E-state index contributed by atoms with van der Waals surface area (Å²) in [5, 5.41) is 23.0. The van der Waals surface area contributed by atoms with Gasteiger partial charge in [-0.05, 0) is 33.4 Å². The first-order valence-corrected chi connectivity index (χ1v) is 6.57. The number of amides is 2. The molecule has 1 fully saturated rings. The van der Waals surface area contributed by atoms with Crippen molar-refractivity contribution < 1.29 is 19.8 Å². The van der Waals surface area contributed by atoms with E-state index < -0.39 is 24.1 Å². The number of nitrogens with zero attached hydrogens (tertiary/aromatic N) is 1. The zero-order valence-corrected chi connectivity index (χ0v) is 11.4. The van der Waals surface area contributed by atoms with Crippen molar-refractivity contribution in [2.75, 3.05) is 20.1 Å². The van der Waals surface area contributed by atoms with E-state index in [0.717, 1.165) is 19.4 Å². The number of aliphatic hydroxyl groups excluding tert-OH is 1. The van der Waals surface area contributed by atoms with Crippen LogP contribution in [-0.2, 0) is 4.79 Å². The number of carbonyl (C=O) groups is 2. The average Bonchev–Trinajstić information content (AvgIpc) is 2.34. The van der Waals surface area contributed by atoms with Crippen LogP contribution in [0.15, 0.2) is 0 Å². The summed E-state index contributed by atoms with van der Waals surface area (Å²) in [6, 6.07) is -1.56. The Hall–Kier alpha value is -1.34. The molecule has 0 spiro atoms. The fraction of sp³-hybridized carbons (Fsp3) is 0.833. The van der Waals surface area contributed by atoms with Gasteiger partial charge in [-0.1, -0.05) is 6.42 Å². The minimum Gasteiger partial charge on any atom is -0.480 e. The van der Waals surface area contributed by atoms with E-state index >= 15 is 0 Å². The second-order valence-corrected chi connectivity index (χ2v) is 5.04. The number of aliphatic hydroxyl groups is 1. The van der Waals surface area contributed by atoms with Gasteiger partial charge in [-0.2, -0.15) is 0 Å². The van der Waals surface area contributed by atoms with E-state index in [-0.39, 0.29) is 6.04 Å². The fourth-order valence-corrected chi connectivity index (χ4v) is 2.19. The second-order valence-electron chi connectivity index (χ2n) is 5.04. The normalized spacial score (nSPS) is 23.4. The van der Waals surface area contributed by atoms with Crippen molar-refractivity contribution in [2.24, 2.45) is 0 Å². The fourth-order valence-electron chi connectivity index (χ4n) is 2.19. The van der Waals surface area contributed by atoms with Crippen molar-refractivity contribution in [1.82, 2.24) is 15.5 Å². The van der Waals surface area contributed by atoms with Gasteiger partial charge in [0.2, 0.25) is 0 Å². The maximum absolute atomic E-state index is 11.6. The number of nitrogens with one attached hydrogen (secondary N) is 2. The Bertz CT molecular complexity index is 322. The molecule has 0 radical (unpaired) electrons. The van der Waals surface area contributed by atoms with Crippen LogP contribution in [-0.4, -0.2) is 65.4 Å². The van der Waals surface area contributed by atoms with E-state index in [1.54, 1.807) is 0 Å². The Balaban J connectivity index is 2.36. The first-order valence-electron chi connectivity index (χ1n) is 6.57. The largest absolute Gasteiger partial charge is 0.480 e. The minimum atomic E-state index is -1.29. The Morgan fingerprint density at radius 2 is 2.11 bits per heavy atom. The van der Waals surface area contributed by atoms with Crippen LogP contribution >= 0.6 is 0 Å². The number of urea groups is 1. The highest BCUT2D eigenvalue weighted by Gasteiger charge is 2.25. The first kappa shape index (κ1) is 15.7. The lowest BCUT2D eigenvalue weighted by Crippen LogP contribution is -2.53. The first-order chi connectivity index (χ1) is 8.91. The van der Waals surface area contributed by atoms with Gasteiger partial charge in [0.25, 0.3) is 0 Å². The Kier molecular flexibility index (Phi) is 6.04. The number of likely N-dealkylation sites (tertiary alicyclic amines) is 1. The van der Waals surface area contributed by atoms with Gasteiger partial charge in [0, 0.05) is 12.6 Å². The molecule has 0 bridgehead atoms. The van der Waals surface area contributed by atoms with Crippen LogP contribution in [0.25, 0.3) is 0 Å². The van der Waals surface area contributed by atoms with Gasteiger partial charge in [0.05, 0.1) is 6.10 Å². The Labute approximate surface area is 113 Å². The minimum absolute atomic E-state index is 0.286. The molecule has 1 aliphatic heterocycles. The molecule has 0 saturated carbocycles. The van der Waals surface area contributed by atoms with Crippen LogP contribution in [0.5, 0.6) is 0 Å². The van der Waals surface area contributed by atoms with Gasteiger partial charge in [-0.15, -0.1) is 0 Å². The van der Waals surface area contributed by atoms with Crippen molar-refractivity contribution >= 4 is 12.0 Å². The molecule has 7 heteroatoms. The molecule has 0 aromatic carbocycles. The van der Waals surface area contributed by atoms with Gasteiger partial charge in [0.1, 0.15) is 0 Å². The second kappa shape index (κ2) is 7.30. The number of carboxylic acids is 1. The van der Waals surface area contributed by atoms with E-state index in [0.29, 0.717) is 6.54 Å². The van der Waals surface area contributed by atoms with Crippen molar-refractivity contribution in [1.29, 1.82) is 0 Å². The van der Waals surface area contributed by atoms with Gasteiger partial charge >= 0.3 is 12.0 Å². The predicted molar refractivity (Wildman–Crippen MR) is 69.9 cm³/mol. The summed E-state index contributed by atoms with van der Waals surface area (Å²) in [5.74, 6) is -1.25. The summed E-state index contributed by atoms with van der Waals surface area (Å²) in [4.78, 5) is 24.6. The van der Waals surface area contributed by atoms with E-state index in [4.69, 9.17) is 5.11 Å². The predicted octanol–water partition coefficient (Wildman–Crippen LogP) is -0.396. The summed E-state index contributed by atoms with van der Waals surface area (Å²) in [6.45, 7) is 2.82. The van der Waals surface area contributed by atoms with Crippen LogP contribution in [0, 0.1) is 0 Å². The number of rotatable bonds is 5. The summed E-state index contributed by atoms with van der Waals surface area (Å²) < 4.78 is 0. The SMILES string of the molecule is CC(O)C(NC(=O)NCC1CCCCN1C)C(=O)O. The lowest BCUT2D eigenvalue weighted by molar-refractivity contribution is -0.141. The van der Waals surface area contributed by atoms with Crippen LogP contribution < -0.4 is 10.6 Å². The highest BCUT2D eigenvalue weighted by Crippen LogP contribution is 2.13. The average molecular weight is 273 g/mol. The van der Waals surface area contributed by atoms with Crippen molar-refractivity contribution in [3.05, 3.63) is 0 Å². The lowest BCUT2D eigenvalue weighted by atomic mass is 10.0. The summed E-state index contributed by atoms with van der Waals surface area (Å²) in [5.41, 5.74) is 0. The van der Waals surface area contributed by atoms with Crippen LogP contribution in [0.1, 0.15) is 26.2 Å². The lowest BCUT2D eigenvalue weighted by Gasteiger charge is -2.32. The van der Waals surface area contributed by atoms with E-state index in [9.17, 15) is 14.7 Å². The number of carbonyl (C=O) groups excluding carboxylic acids is 1. The number of hydrogen-bond donors (Lipinski definition) is 4. The molecular weight excluding hydrogens is 250 g/mol. The topological polar surface area (TPSA) is 102 Å². The molecular formula is C12H23N3O4. The smallest absolute Gasteiger partial charge is 0.328 e. The quantitative estimate of drug-likeness (QED) is 0.546. The van der Waals surface area contributed by atoms with Crippen LogP contribution in [0.2, 0.25) is 0 Å². The molecule has 0 aromatic rings. The van der Waals surface area contributed by atoms with E-state index in [1.165, 1.54) is 13.3 Å². The summed E-state index contributed by atoms with van der Waals surface area (Å²) >= 11 is 0. The van der Waals surface area contributed by atoms with Gasteiger partial charge < -0.3 is 25.7 Å². The molecule has 0 aromatic heterocycles. The third-order valence-electron chi connectivity index (χ3n) is 3.45. The van der Waals surface area contributed by atoms with Crippen molar-refractivity contribution in [2.45, 2.75) is 44.4 Å². The molecule has 110 valence electrons. The summed E-state index contributed by atoms with van der Waals surface area (Å²) in [6.07, 6.45) is 2.20. The molecule has 1 saturated heterocycles. The maximum atomic E-state index is 11.6. The van der Waals surface area contributed by atoms with Crippen LogP contribution in [0.3, 0.4) is 0 Å². The number of likely N-dealkylation sites (N-methyl/N-ethyl adjacent to an activating group) is 1. The van der Waals surface area contributed by atoms with E-state index in [1.807, 2.05) is 7.05 Å². The molecule has 3 unspecified atom stereocenters. The van der Waals surface area contributed by atoms with E-state index in [2.05, 4.69) is 15.5 Å².